The molecule has 0 bridgehead atoms. The van der Waals surface area contributed by atoms with E-state index in [4.69, 9.17) is 4.74 Å². The minimum Gasteiger partial charge on any atom is -0.496 e. The van der Waals surface area contributed by atoms with E-state index in [1.807, 2.05) is 12.1 Å². The third kappa shape index (κ3) is 4.48. The van der Waals surface area contributed by atoms with Crippen LogP contribution in [-0.4, -0.2) is 29.5 Å². The van der Waals surface area contributed by atoms with Gasteiger partial charge in [-0.3, -0.25) is 14.9 Å². The number of nitrogens with one attached hydrogen (secondary N) is 1. The lowest BCUT2D eigenvalue weighted by Crippen LogP contribution is -2.31. The van der Waals surface area contributed by atoms with E-state index in [1.54, 1.807) is 6.20 Å². The van der Waals surface area contributed by atoms with E-state index in [9.17, 15) is 14.9 Å². The minimum atomic E-state index is -0.544. The zero-order valence-corrected chi connectivity index (χ0v) is 17.1. The molecule has 1 aromatic heterocycles. The molecule has 31 heavy (non-hydrogen) atoms. The molecule has 0 aliphatic carbocycles. The van der Waals surface area contributed by atoms with Crippen LogP contribution in [0.1, 0.15) is 27.0 Å². The molecule has 2 aromatic carbocycles. The van der Waals surface area contributed by atoms with E-state index in [2.05, 4.69) is 39.5 Å². The van der Waals surface area contributed by atoms with E-state index in [0.29, 0.717) is 0 Å². The Balaban J connectivity index is 1.41. The fraction of sp³-hybridized carbons (Fsp3) is 0.217. The smallest absolute Gasteiger partial charge is 0.270 e. The van der Waals surface area contributed by atoms with Crippen LogP contribution in [0.15, 0.2) is 60.8 Å². The Morgan fingerprint density at radius 1 is 1.19 bits per heavy atom. The predicted octanol–water partition coefficient (Wildman–Crippen LogP) is 3.49. The maximum Gasteiger partial charge on any atom is 0.270 e. The van der Waals surface area contributed by atoms with Crippen molar-refractivity contribution in [1.82, 2.24) is 10.3 Å². The molecule has 0 fully saturated rings. The van der Waals surface area contributed by atoms with E-state index >= 15 is 0 Å². The Bertz CT molecular complexity index is 1110. The van der Waals surface area contributed by atoms with Gasteiger partial charge in [0.1, 0.15) is 11.6 Å². The van der Waals surface area contributed by atoms with E-state index in [0.717, 1.165) is 30.9 Å². The number of fused-ring (bicyclic) bond motifs is 1. The van der Waals surface area contributed by atoms with Crippen molar-refractivity contribution in [2.75, 3.05) is 18.6 Å². The Labute approximate surface area is 179 Å². The summed E-state index contributed by atoms with van der Waals surface area (Å²) in [6, 6.07) is 16.2. The average molecular weight is 418 g/mol. The largest absolute Gasteiger partial charge is 0.496 e. The van der Waals surface area contributed by atoms with Crippen molar-refractivity contribution in [3.63, 3.8) is 0 Å². The second-order valence-electron chi connectivity index (χ2n) is 7.29. The van der Waals surface area contributed by atoms with Gasteiger partial charge in [0.15, 0.2) is 0 Å². The van der Waals surface area contributed by atoms with Crippen LogP contribution in [0.5, 0.6) is 5.75 Å². The van der Waals surface area contributed by atoms with Gasteiger partial charge in [0.25, 0.3) is 11.6 Å². The molecular formula is C23H22N4O4. The van der Waals surface area contributed by atoms with Crippen LogP contribution in [-0.2, 0) is 19.5 Å². The Morgan fingerprint density at radius 2 is 2.00 bits per heavy atom. The number of hydrogen-bond acceptors (Lipinski definition) is 6. The number of rotatable bonds is 6. The molecule has 1 aliphatic heterocycles. The minimum absolute atomic E-state index is 0.119. The van der Waals surface area contributed by atoms with Crippen molar-refractivity contribution in [3.8, 4) is 5.75 Å². The molecule has 8 heteroatoms. The fourth-order valence-electron chi connectivity index (χ4n) is 3.66. The van der Waals surface area contributed by atoms with Crippen molar-refractivity contribution in [3.05, 3.63) is 93.2 Å². The first-order chi connectivity index (χ1) is 15.0. The fourth-order valence-corrected chi connectivity index (χ4v) is 3.66. The van der Waals surface area contributed by atoms with Crippen molar-refractivity contribution in [2.45, 2.75) is 19.5 Å². The van der Waals surface area contributed by atoms with Crippen molar-refractivity contribution < 1.29 is 14.5 Å². The summed E-state index contributed by atoms with van der Waals surface area (Å²) < 4.78 is 5.16. The van der Waals surface area contributed by atoms with Crippen LogP contribution in [0.3, 0.4) is 0 Å². The Morgan fingerprint density at radius 3 is 2.71 bits per heavy atom. The molecule has 1 aliphatic rings. The van der Waals surface area contributed by atoms with Crippen molar-refractivity contribution in [2.24, 2.45) is 0 Å². The lowest BCUT2D eigenvalue weighted by molar-refractivity contribution is -0.384. The second kappa shape index (κ2) is 8.83. The molecule has 158 valence electrons. The first-order valence-corrected chi connectivity index (χ1v) is 9.92. The number of methoxy groups -OCH3 is 1. The van der Waals surface area contributed by atoms with Crippen LogP contribution in [0, 0.1) is 10.1 Å². The number of nitro groups is 1. The molecule has 1 N–H and O–H groups in total. The lowest BCUT2D eigenvalue weighted by atomic mass is 10.00. The van der Waals surface area contributed by atoms with E-state index < -0.39 is 10.8 Å². The molecule has 0 saturated heterocycles. The number of hydrogen-bond donors (Lipinski definition) is 1. The summed E-state index contributed by atoms with van der Waals surface area (Å²) in [6.07, 6.45) is 2.72. The van der Waals surface area contributed by atoms with Crippen molar-refractivity contribution in [1.29, 1.82) is 0 Å². The number of ether oxygens (including phenoxy) is 1. The molecule has 8 nitrogen and oxygen atoms in total. The Hall–Kier alpha value is -3.94. The summed E-state index contributed by atoms with van der Waals surface area (Å²) in [7, 11) is 1.42. The van der Waals surface area contributed by atoms with Gasteiger partial charge >= 0.3 is 0 Å². The molecule has 2 heterocycles. The highest BCUT2D eigenvalue weighted by molar-refractivity contribution is 5.97. The highest BCUT2D eigenvalue weighted by Crippen LogP contribution is 2.25. The summed E-state index contributed by atoms with van der Waals surface area (Å²) in [5, 5.41) is 13.8. The molecular weight excluding hydrogens is 396 g/mol. The molecule has 0 radical (unpaired) electrons. The number of carbonyl (C=O) groups excluding carboxylic acids is 1. The van der Waals surface area contributed by atoms with E-state index in [-0.39, 0.29) is 23.5 Å². The third-order valence-electron chi connectivity index (χ3n) is 5.36. The monoisotopic (exact) mass is 418 g/mol. The molecule has 0 saturated carbocycles. The van der Waals surface area contributed by atoms with Gasteiger partial charge in [-0.2, -0.15) is 0 Å². The molecule has 1 amide bonds. The SMILES string of the molecule is COc1ccc([N+](=O)[O-])cc1C(=O)NCc1ccc(N2CCc3ccccc3C2)nc1. The summed E-state index contributed by atoms with van der Waals surface area (Å²) in [6.45, 7) is 1.99. The maximum absolute atomic E-state index is 12.6. The zero-order chi connectivity index (χ0) is 21.8. The number of non-ortho nitro benzene ring substituents is 1. The van der Waals surface area contributed by atoms with Gasteiger partial charge in [-0.1, -0.05) is 30.3 Å². The number of nitrogens with zero attached hydrogens (tertiary/aromatic N) is 3. The van der Waals surface area contributed by atoms with Crippen LogP contribution < -0.4 is 15.0 Å². The van der Waals surface area contributed by atoms with Gasteiger partial charge in [-0.15, -0.1) is 0 Å². The molecule has 0 unspecified atom stereocenters. The zero-order valence-electron chi connectivity index (χ0n) is 17.1. The summed E-state index contributed by atoms with van der Waals surface area (Å²) in [4.78, 5) is 29.8. The summed E-state index contributed by atoms with van der Waals surface area (Å²) in [5.74, 6) is 0.726. The number of benzene rings is 2. The third-order valence-corrected chi connectivity index (χ3v) is 5.36. The number of carbonyl (C=O) groups is 1. The number of pyridine rings is 1. The Kier molecular flexibility index (Phi) is 5.79. The highest BCUT2D eigenvalue weighted by Gasteiger charge is 2.18. The first-order valence-electron chi connectivity index (χ1n) is 9.92. The number of nitro benzene ring substituents is 1. The van der Waals surface area contributed by atoms with Crippen LogP contribution in [0.25, 0.3) is 0 Å². The lowest BCUT2D eigenvalue weighted by Gasteiger charge is -2.29. The highest BCUT2D eigenvalue weighted by atomic mass is 16.6. The molecule has 4 rings (SSSR count). The normalized spacial score (nSPS) is 12.7. The predicted molar refractivity (Wildman–Crippen MR) is 116 cm³/mol. The first kappa shape index (κ1) is 20.3. The average Bonchev–Trinajstić information content (AvgIpc) is 2.82. The maximum atomic E-state index is 12.6. The van der Waals surface area contributed by atoms with Gasteiger partial charge in [0.2, 0.25) is 0 Å². The van der Waals surface area contributed by atoms with Crippen LogP contribution in [0.2, 0.25) is 0 Å². The molecule has 0 atom stereocenters. The van der Waals surface area contributed by atoms with Crippen LogP contribution in [0.4, 0.5) is 11.5 Å². The second-order valence-corrected chi connectivity index (χ2v) is 7.29. The molecule has 3 aromatic rings. The van der Waals surface area contributed by atoms with E-state index in [1.165, 1.54) is 36.4 Å². The topological polar surface area (TPSA) is 97.6 Å². The van der Waals surface area contributed by atoms with Crippen molar-refractivity contribution >= 4 is 17.4 Å². The number of anilines is 1. The number of aromatic nitrogens is 1. The summed E-state index contributed by atoms with van der Waals surface area (Å²) in [5.41, 5.74) is 3.49. The van der Waals surface area contributed by atoms with Crippen LogP contribution >= 0.6 is 0 Å². The van der Waals surface area contributed by atoms with Gasteiger partial charge < -0.3 is 15.0 Å². The number of amides is 1. The van der Waals surface area contributed by atoms with Gasteiger partial charge in [0.05, 0.1) is 17.6 Å². The standard InChI is InChI=1S/C23H22N4O4/c1-31-21-8-7-19(27(29)30)12-20(21)23(28)25-14-16-6-9-22(24-13-16)26-11-10-17-4-2-3-5-18(17)15-26/h2-9,12-13H,10-11,14-15H2,1H3,(H,25,28). The van der Waals surface area contributed by atoms with Gasteiger partial charge in [-0.25, -0.2) is 4.98 Å². The summed E-state index contributed by atoms with van der Waals surface area (Å²) >= 11 is 0. The van der Waals surface area contributed by atoms with Gasteiger partial charge in [0, 0.05) is 38.0 Å². The molecule has 0 spiro atoms. The van der Waals surface area contributed by atoms with Gasteiger partial charge in [-0.05, 0) is 35.2 Å². The quantitative estimate of drug-likeness (QED) is 0.486.